The monoisotopic (exact) mass is 279 g/mol. The van der Waals surface area contributed by atoms with Gasteiger partial charge < -0.3 is 9.67 Å². The summed E-state index contributed by atoms with van der Waals surface area (Å²) in [5, 5.41) is 11.7. The third kappa shape index (κ3) is 2.09. The molecule has 1 aromatic heterocycles. The van der Waals surface area contributed by atoms with E-state index in [1.54, 1.807) is 12.1 Å². The number of nitrogens with zero attached hydrogens (tertiary/aromatic N) is 1. The van der Waals surface area contributed by atoms with E-state index in [0.717, 1.165) is 47.4 Å². The van der Waals surface area contributed by atoms with Crippen molar-refractivity contribution in [2.24, 2.45) is 0 Å². The van der Waals surface area contributed by atoms with Gasteiger partial charge in [-0.15, -0.1) is 0 Å². The fraction of sp³-hybridized carbons (Fsp3) is 0.278. The Hall–Kier alpha value is -2.29. The number of benzene rings is 1. The zero-order chi connectivity index (χ0) is 14.4. The molecule has 0 spiro atoms. The first kappa shape index (κ1) is 12.5. The lowest BCUT2D eigenvalue weighted by Gasteiger charge is -2.12. The highest BCUT2D eigenvalue weighted by Crippen LogP contribution is 2.32. The van der Waals surface area contributed by atoms with E-state index in [1.165, 1.54) is 0 Å². The normalized spacial score (nSPS) is 16.8. The molecule has 3 heteroatoms. The molecule has 0 aliphatic heterocycles. The van der Waals surface area contributed by atoms with Crippen molar-refractivity contribution in [1.29, 1.82) is 0 Å². The maximum atomic E-state index is 12.9. The molecule has 1 saturated carbocycles. The van der Waals surface area contributed by atoms with Crippen LogP contribution in [0.25, 0.3) is 23.3 Å². The van der Waals surface area contributed by atoms with Crippen LogP contribution >= 0.6 is 0 Å². The van der Waals surface area contributed by atoms with Crippen molar-refractivity contribution < 1.29 is 5.11 Å². The number of pyridine rings is 1. The van der Waals surface area contributed by atoms with Gasteiger partial charge in [-0.1, -0.05) is 24.3 Å². The van der Waals surface area contributed by atoms with E-state index in [0.29, 0.717) is 6.04 Å². The quantitative estimate of drug-likeness (QED) is 0.912. The van der Waals surface area contributed by atoms with Crippen LogP contribution in [0.5, 0.6) is 5.75 Å². The first-order valence-electron chi connectivity index (χ1n) is 7.49. The van der Waals surface area contributed by atoms with Crippen LogP contribution in [0.3, 0.4) is 0 Å². The molecule has 0 amide bonds. The van der Waals surface area contributed by atoms with Gasteiger partial charge in [-0.25, -0.2) is 0 Å². The van der Waals surface area contributed by atoms with E-state index in [2.05, 4.69) is 12.2 Å². The maximum Gasteiger partial charge on any atom is 0.259 e. The molecule has 21 heavy (non-hydrogen) atoms. The molecule has 2 aromatic rings. The summed E-state index contributed by atoms with van der Waals surface area (Å²) in [5.41, 5.74) is 1.69. The summed E-state index contributed by atoms with van der Waals surface area (Å²) in [4.78, 5) is 12.9. The lowest BCUT2D eigenvalue weighted by Crippen LogP contribution is -2.44. The predicted octanol–water partition coefficient (Wildman–Crippen LogP) is 1.91. The highest BCUT2D eigenvalue weighted by atomic mass is 16.3. The Bertz CT molecular complexity index is 871. The first-order chi connectivity index (χ1) is 10.2. The Labute approximate surface area is 122 Å². The topological polar surface area (TPSA) is 42.2 Å². The summed E-state index contributed by atoms with van der Waals surface area (Å²) in [6.45, 7) is 0. The summed E-state index contributed by atoms with van der Waals surface area (Å²) in [7, 11) is 0. The Morgan fingerprint density at radius 1 is 1.05 bits per heavy atom. The van der Waals surface area contributed by atoms with Gasteiger partial charge in [0.2, 0.25) is 0 Å². The number of hydrogen-bond donors (Lipinski definition) is 1. The molecule has 1 aromatic carbocycles. The van der Waals surface area contributed by atoms with Crippen LogP contribution in [-0.4, -0.2) is 9.67 Å². The van der Waals surface area contributed by atoms with Gasteiger partial charge in [0.1, 0.15) is 5.75 Å². The SMILES string of the molecule is O=c1c(-c2ccc(O)cc2)cc2c(n1C1CC1)=CCCC=2. The second kappa shape index (κ2) is 4.62. The van der Waals surface area contributed by atoms with E-state index < -0.39 is 0 Å². The smallest absolute Gasteiger partial charge is 0.259 e. The number of rotatable bonds is 2. The molecule has 0 unspecified atom stereocenters. The van der Waals surface area contributed by atoms with Crippen LogP contribution in [0.2, 0.25) is 0 Å². The van der Waals surface area contributed by atoms with Crippen molar-refractivity contribution in [3.8, 4) is 16.9 Å². The number of phenols is 1. The molecular weight excluding hydrogens is 262 g/mol. The van der Waals surface area contributed by atoms with Gasteiger partial charge in [-0.3, -0.25) is 4.79 Å². The molecule has 2 aliphatic rings. The number of hydrogen-bond acceptors (Lipinski definition) is 2. The molecule has 1 N–H and O–H groups in total. The Balaban J connectivity index is 2.03. The Kier molecular flexibility index (Phi) is 2.74. The minimum Gasteiger partial charge on any atom is -0.508 e. The fourth-order valence-electron chi connectivity index (χ4n) is 3.05. The summed E-state index contributed by atoms with van der Waals surface area (Å²) >= 11 is 0. The number of aromatic hydroxyl groups is 1. The molecule has 2 aliphatic carbocycles. The maximum absolute atomic E-state index is 12.9. The first-order valence-corrected chi connectivity index (χ1v) is 7.49. The molecule has 0 radical (unpaired) electrons. The molecule has 106 valence electrons. The highest BCUT2D eigenvalue weighted by Gasteiger charge is 2.26. The van der Waals surface area contributed by atoms with Gasteiger partial charge in [0.05, 0.1) is 0 Å². The van der Waals surface area contributed by atoms with Crippen molar-refractivity contribution >= 4 is 12.2 Å². The van der Waals surface area contributed by atoms with Gasteiger partial charge in [-0.2, -0.15) is 0 Å². The second-order valence-electron chi connectivity index (χ2n) is 5.84. The zero-order valence-electron chi connectivity index (χ0n) is 11.7. The van der Waals surface area contributed by atoms with E-state index in [4.69, 9.17) is 0 Å². The van der Waals surface area contributed by atoms with Gasteiger partial charge in [0, 0.05) is 17.0 Å². The predicted molar refractivity (Wildman–Crippen MR) is 83.5 cm³/mol. The average Bonchev–Trinajstić information content (AvgIpc) is 3.32. The van der Waals surface area contributed by atoms with E-state index in [1.807, 2.05) is 22.8 Å². The van der Waals surface area contributed by atoms with Crippen molar-refractivity contribution in [3.05, 3.63) is 51.3 Å². The minimum atomic E-state index is 0.0912. The van der Waals surface area contributed by atoms with Crippen molar-refractivity contribution in [2.45, 2.75) is 31.7 Å². The molecule has 1 heterocycles. The van der Waals surface area contributed by atoms with Gasteiger partial charge in [-0.05, 0) is 54.7 Å². The standard InChI is InChI=1S/C18H17NO2/c20-15-9-5-12(6-10-15)16-11-13-3-1-2-4-17(13)19(18(16)21)14-7-8-14/h3-6,9-11,14,20H,1-2,7-8H2. The molecule has 4 rings (SSSR count). The molecular formula is C18H17NO2. The lowest BCUT2D eigenvalue weighted by molar-refractivity contribution is 0.475. The van der Waals surface area contributed by atoms with E-state index >= 15 is 0 Å². The second-order valence-corrected chi connectivity index (χ2v) is 5.84. The Morgan fingerprint density at radius 3 is 2.48 bits per heavy atom. The van der Waals surface area contributed by atoms with Crippen LogP contribution in [0.4, 0.5) is 0 Å². The van der Waals surface area contributed by atoms with Crippen LogP contribution in [-0.2, 0) is 0 Å². The fourth-order valence-corrected chi connectivity index (χ4v) is 3.05. The van der Waals surface area contributed by atoms with Gasteiger partial charge in [0.25, 0.3) is 5.56 Å². The third-order valence-electron chi connectivity index (χ3n) is 4.26. The summed E-state index contributed by atoms with van der Waals surface area (Å²) in [5.74, 6) is 0.221. The van der Waals surface area contributed by atoms with Crippen LogP contribution < -0.4 is 16.1 Å². The highest BCUT2D eigenvalue weighted by molar-refractivity contribution is 5.64. The van der Waals surface area contributed by atoms with Crippen molar-refractivity contribution in [1.82, 2.24) is 4.57 Å². The number of fused-ring (bicyclic) bond motifs is 1. The van der Waals surface area contributed by atoms with Crippen molar-refractivity contribution in [2.75, 3.05) is 0 Å². The van der Waals surface area contributed by atoms with Crippen LogP contribution in [0.1, 0.15) is 31.7 Å². The third-order valence-corrected chi connectivity index (χ3v) is 4.26. The zero-order valence-corrected chi connectivity index (χ0v) is 11.7. The minimum absolute atomic E-state index is 0.0912. The lowest BCUT2D eigenvalue weighted by atomic mass is 10.0. The summed E-state index contributed by atoms with van der Waals surface area (Å²) < 4.78 is 1.98. The Morgan fingerprint density at radius 2 is 1.76 bits per heavy atom. The summed E-state index contributed by atoms with van der Waals surface area (Å²) in [6, 6.07) is 9.24. The van der Waals surface area contributed by atoms with Crippen LogP contribution in [0.15, 0.2) is 35.1 Å². The molecule has 3 nitrogen and oxygen atoms in total. The average molecular weight is 279 g/mol. The van der Waals surface area contributed by atoms with E-state index in [-0.39, 0.29) is 11.3 Å². The van der Waals surface area contributed by atoms with Crippen LogP contribution in [0, 0.1) is 0 Å². The molecule has 0 bridgehead atoms. The summed E-state index contributed by atoms with van der Waals surface area (Å²) in [6.07, 6.45) is 8.65. The van der Waals surface area contributed by atoms with E-state index in [9.17, 15) is 9.90 Å². The van der Waals surface area contributed by atoms with Gasteiger partial charge in [0.15, 0.2) is 0 Å². The van der Waals surface area contributed by atoms with Gasteiger partial charge >= 0.3 is 0 Å². The molecule has 0 atom stereocenters. The molecule has 0 saturated heterocycles. The number of aromatic nitrogens is 1. The number of phenolic OH excluding ortho intramolecular Hbond substituents is 1. The largest absolute Gasteiger partial charge is 0.508 e. The van der Waals surface area contributed by atoms with Crippen molar-refractivity contribution in [3.63, 3.8) is 0 Å². The molecule has 1 fully saturated rings.